The first kappa shape index (κ1) is 11.3. The molecular weight excluding hydrogens is 196 g/mol. The van der Waals surface area contributed by atoms with Gasteiger partial charge in [-0.1, -0.05) is 0 Å². The number of nitrogens with two attached hydrogens (primary N) is 1. The average Bonchev–Trinajstić information content (AvgIpc) is 2.53. The Bertz CT molecular complexity index is 259. The summed E-state index contributed by atoms with van der Waals surface area (Å²) in [7, 11) is -0.631. The van der Waals surface area contributed by atoms with E-state index in [1.54, 1.807) is 0 Å². The van der Waals surface area contributed by atoms with Crippen LogP contribution in [0, 0.1) is 0 Å². The van der Waals surface area contributed by atoms with Gasteiger partial charge in [-0.3, -0.25) is 0 Å². The maximum absolute atomic E-state index is 5.77. The average molecular weight is 214 g/mol. The molecule has 0 saturated heterocycles. The van der Waals surface area contributed by atoms with Crippen LogP contribution in [0.3, 0.4) is 0 Å². The van der Waals surface area contributed by atoms with Crippen molar-refractivity contribution in [1.82, 2.24) is 4.98 Å². The van der Waals surface area contributed by atoms with Crippen molar-refractivity contribution in [3.05, 3.63) is 12.3 Å². The van der Waals surface area contributed by atoms with Gasteiger partial charge in [0.15, 0.2) is 0 Å². The number of rotatable bonds is 6. The Morgan fingerprint density at radius 3 is 2.50 bits per heavy atom. The second-order valence-electron chi connectivity index (χ2n) is 2.96. The van der Waals surface area contributed by atoms with Gasteiger partial charge in [-0.25, -0.2) is 0 Å². The normalized spacial score (nSPS) is 11.9. The number of H-pyrrole nitrogens is 1. The molecule has 0 amide bonds. The van der Waals surface area contributed by atoms with Crippen LogP contribution in [0.4, 0.5) is 5.69 Å². The highest BCUT2D eigenvalue weighted by Gasteiger charge is 2.12. The Morgan fingerprint density at radius 2 is 2.07 bits per heavy atom. The summed E-state index contributed by atoms with van der Waals surface area (Å²) in [5, 5.41) is 1.11. The summed E-state index contributed by atoms with van der Waals surface area (Å²) in [6, 6.07) is 1.87. The fourth-order valence-corrected chi connectivity index (χ4v) is 2.93. The lowest BCUT2D eigenvalue weighted by atomic mass is 10.6. The van der Waals surface area contributed by atoms with Crippen molar-refractivity contribution in [2.45, 2.75) is 19.8 Å². The maximum Gasteiger partial charge on any atom is 0.145 e. The van der Waals surface area contributed by atoms with Gasteiger partial charge in [-0.2, -0.15) is 0 Å². The van der Waals surface area contributed by atoms with E-state index in [4.69, 9.17) is 15.2 Å². The van der Waals surface area contributed by atoms with Gasteiger partial charge in [0.1, 0.15) is 15.4 Å². The van der Waals surface area contributed by atoms with E-state index in [1.807, 2.05) is 26.1 Å². The predicted molar refractivity (Wildman–Crippen MR) is 60.4 cm³/mol. The highest BCUT2D eigenvalue weighted by atomic mass is 28.2. The third-order valence-electron chi connectivity index (χ3n) is 1.94. The van der Waals surface area contributed by atoms with Crippen LogP contribution < -0.4 is 11.1 Å². The highest BCUT2D eigenvalue weighted by Crippen LogP contribution is 1.98. The smallest absolute Gasteiger partial charge is 0.145 e. The fourth-order valence-electron chi connectivity index (χ4n) is 1.30. The summed E-state index contributed by atoms with van der Waals surface area (Å²) in [5.41, 5.74) is 6.59. The molecule has 0 aliphatic rings. The van der Waals surface area contributed by atoms with Gasteiger partial charge >= 0.3 is 0 Å². The Labute approximate surface area is 86.6 Å². The summed E-state index contributed by atoms with van der Waals surface area (Å²) in [6.07, 6.45) is 1.85. The van der Waals surface area contributed by atoms with Gasteiger partial charge in [0, 0.05) is 30.4 Å². The number of nitrogen functional groups attached to an aromatic ring is 1. The summed E-state index contributed by atoms with van der Waals surface area (Å²) >= 11 is 0. The number of nitrogens with one attached hydrogen (secondary N) is 1. The highest BCUT2D eigenvalue weighted by molar-refractivity contribution is 6.55. The van der Waals surface area contributed by atoms with E-state index < -0.39 is 9.52 Å². The number of aromatic amines is 1. The third-order valence-corrected chi connectivity index (χ3v) is 3.77. The molecule has 3 N–H and O–H groups in total. The molecule has 0 bridgehead atoms. The summed E-state index contributed by atoms with van der Waals surface area (Å²) in [4.78, 5) is 3.13. The van der Waals surface area contributed by atoms with Crippen LogP contribution in [0.25, 0.3) is 0 Å². The second-order valence-corrected chi connectivity index (χ2v) is 4.74. The molecule has 14 heavy (non-hydrogen) atoms. The Hall–Kier alpha value is -0.783. The second kappa shape index (κ2) is 5.84. The van der Waals surface area contributed by atoms with Crippen LogP contribution >= 0.6 is 0 Å². The van der Waals surface area contributed by atoms with Gasteiger partial charge in [0.25, 0.3) is 0 Å². The number of hydrogen-bond acceptors (Lipinski definition) is 3. The van der Waals surface area contributed by atoms with Gasteiger partial charge in [-0.05, 0) is 19.9 Å². The first-order valence-corrected chi connectivity index (χ1v) is 6.45. The number of aromatic nitrogens is 1. The first-order chi connectivity index (χ1) is 6.77. The molecule has 0 unspecified atom stereocenters. The van der Waals surface area contributed by atoms with Gasteiger partial charge in [-0.15, -0.1) is 0 Å². The van der Waals surface area contributed by atoms with Crippen molar-refractivity contribution in [3.8, 4) is 0 Å². The van der Waals surface area contributed by atoms with Crippen LogP contribution in [0.5, 0.6) is 0 Å². The van der Waals surface area contributed by atoms with Crippen molar-refractivity contribution < 1.29 is 9.47 Å². The van der Waals surface area contributed by atoms with E-state index in [1.165, 1.54) is 0 Å². The molecule has 0 saturated carbocycles. The zero-order valence-corrected chi connectivity index (χ0v) is 10.2. The van der Waals surface area contributed by atoms with Crippen LogP contribution in [0.2, 0.25) is 0 Å². The first-order valence-electron chi connectivity index (χ1n) is 4.92. The molecule has 0 fully saturated rings. The van der Waals surface area contributed by atoms with Crippen molar-refractivity contribution in [3.63, 3.8) is 0 Å². The van der Waals surface area contributed by atoms with E-state index in [-0.39, 0.29) is 5.91 Å². The Kier molecular flexibility index (Phi) is 4.71. The minimum atomic E-state index is -0.631. The predicted octanol–water partition coefficient (Wildman–Crippen LogP) is -0.252. The Morgan fingerprint density at radius 1 is 1.43 bits per heavy atom. The topological polar surface area (TPSA) is 60.3 Å². The molecule has 4 nitrogen and oxygen atoms in total. The van der Waals surface area contributed by atoms with E-state index in [9.17, 15) is 0 Å². The molecule has 1 rings (SSSR count). The minimum absolute atomic E-state index is 0.0639. The number of hydrogen-bond donors (Lipinski definition) is 2. The molecule has 0 aliphatic carbocycles. The van der Waals surface area contributed by atoms with Crippen molar-refractivity contribution in [1.29, 1.82) is 0 Å². The van der Waals surface area contributed by atoms with Crippen LogP contribution in [0.15, 0.2) is 12.3 Å². The van der Waals surface area contributed by atoms with Crippen LogP contribution in [-0.2, 0) is 9.47 Å². The molecule has 5 heteroatoms. The largest absolute Gasteiger partial charge is 0.398 e. The standard InChI is InChI=1S/C9H18N2O2Si/c1-3-12-9(13-4-2)14-8-7(10)5-6-11-8/h5-6,9,11H,3-4,10,14H2,1-2H3. The lowest BCUT2D eigenvalue weighted by Crippen LogP contribution is -2.34. The van der Waals surface area contributed by atoms with Crippen molar-refractivity contribution in [2.75, 3.05) is 18.9 Å². The third kappa shape index (κ3) is 3.17. The van der Waals surface area contributed by atoms with Gasteiger partial charge < -0.3 is 20.2 Å². The molecule has 0 atom stereocenters. The van der Waals surface area contributed by atoms with Gasteiger partial charge in [0.05, 0.1) is 0 Å². The zero-order chi connectivity index (χ0) is 10.4. The fraction of sp³-hybridized carbons (Fsp3) is 0.556. The minimum Gasteiger partial charge on any atom is -0.398 e. The maximum atomic E-state index is 5.77. The molecule has 0 radical (unpaired) electrons. The molecule has 80 valence electrons. The molecule has 0 aliphatic heterocycles. The van der Waals surface area contributed by atoms with E-state index in [2.05, 4.69) is 4.98 Å². The van der Waals surface area contributed by atoms with Gasteiger partial charge in [0.2, 0.25) is 0 Å². The van der Waals surface area contributed by atoms with Crippen LogP contribution in [-0.4, -0.2) is 33.6 Å². The zero-order valence-electron chi connectivity index (χ0n) is 8.75. The summed E-state index contributed by atoms with van der Waals surface area (Å²) in [5.74, 6) is -0.0639. The van der Waals surface area contributed by atoms with E-state index >= 15 is 0 Å². The van der Waals surface area contributed by atoms with E-state index in [0.29, 0.717) is 13.2 Å². The molecule has 0 aromatic carbocycles. The number of ether oxygens (including phenoxy) is 2. The van der Waals surface area contributed by atoms with Crippen LogP contribution in [0.1, 0.15) is 13.8 Å². The lowest BCUT2D eigenvalue weighted by Gasteiger charge is -2.15. The SMILES string of the molecule is CCOC(OCC)[SiH2]c1[nH]ccc1N. The Balaban J connectivity index is 2.50. The molecule has 1 heterocycles. The molecule has 0 spiro atoms. The quantitative estimate of drug-likeness (QED) is 0.507. The van der Waals surface area contributed by atoms with E-state index in [0.717, 1.165) is 11.0 Å². The molecular formula is C9H18N2O2Si. The van der Waals surface area contributed by atoms with Crippen molar-refractivity contribution >= 4 is 20.5 Å². The number of anilines is 1. The molecule has 1 aromatic rings. The summed E-state index contributed by atoms with van der Waals surface area (Å²) < 4.78 is 10.9. The lowest BCUT2D eigenvalue weighted by molar-refractivity contribution is -0.0817. The monoisotopic (exact) mass is 214 g/mol. The summed E-state index contributed by atoms with van der Waals surface area (Å²) in [6.45, 7) is 5.30. The molecule has 1 aromatic heterocycles. The van der Waals surface area contributed by atoms with Crippen molar-refractivity contribution in [2.24, 2.45) is 0 Å².